The summed E-state index contributed by atoms with van der Waals surface area (Å²) in [5, 5.41) is 0. The lowest BCUT2D eigenvalue weighted by atomic mass is 9.89. The highest BCUT2D eigenvalue weighted by Gasteiger charge is 2.29. The number of methoxy groups -OCH3 is 1. The van der Waals surface area contributed by atoms with E-state index < -0.39 is 0 Å². The predicted molar refractivity (Wildman–Crippen MR) is 114 cm³/mol. The molecule has 2 aromatic carbocycles. The van der Waals surface area contributed by atoms with Crippen LogP contribution in [-0.2, 0) is 11.2 Å². The fourth-order valence-corrected chi connectivity index (χ4v) is 4.43. The Bertz CT molecular complexity index is 873. The van der Waals surface area contributed by atoms with Gasteiger partial charge in [-0.25, -0.2) is 0 Å². The van der Waals surface area contributed by atoms with Gasteiger partial charge in [-0.3, -0.25) is 14.5 Å². The van der Waals surface area contributed by atoms with E-state index >= 15 is 0 Å². The third-order valence-electron chi connectivity index (χ3n) is 6.08. The SMILES string of the molecule is COc1ccc2c(c1)CCCN2C(=O)CN1CCC(C(=O)c2ccccc2)CC1. The summed E-state index contributed by atoms with van der Waals surface area (Å²) < 4.78 is 5.32. The number of hydrogen-bond donors (Lipinski definition) is 0. The number of likely N-dealkylation sites (tertiary alicyclic amines) is 1. The van der Waals surface area contributed by atoms with E-state index in [1.165, 1.54) is 5.56 Å². The van der Waals surface area contributed by atoms with Crippen LogP contribution < -0.4 is 9.64 Å². The molecule has 2 aliphatic rings. The van der Waals surface area contributed by atoms with E-state index in [2.05, 4.69) is 4.90 Å². The van der Waals surface area contributed by atoms with E-state index in [0.29, 0.717) is 6.54 Å². The van der Waals surface area contributed by atoms with Gasteiger partial charge < -0.3 is 9.64 Å². The van der Waals surface area contributed by atoms with Crippen molar-refractivity contribution in [3.05, 3.63) is 59.7 Å². The summed E-state index contributed by atoms with van der Waals surface area (Å²) in [7, 11) is 1.67. The fraction of sp³-hybridized carbons (Fsp3) is 0.417. The van der Waals surface area contributed by atoms with Gasteiger partial charge in [0, 0.05) is 23.7 Å². The molecule has 5 nitrogen and oxygen atoms in total. The zero-order chi connectivity index (χ0) is 20.2. The molecule has 2 aliphatic heterocycles. The van der Waals surface area contributed by atoms with Crippen molar-refractivity contribution in [2.24, 2.45) is 5.92 Å². The van der Waals surface area contributed by atoms with E-state index in [-0.39, 0.29) is 17.6 Å². The summed E-state index contributed by atoms with van der Waals surface area (Å²) in [5.41, 5.74) is 2.98. The number of piperidine rings is 1. The highest BCUT2D eigenvalue weighted by Crippen LogP contribution is 2.31. The average Bonchev–Trinajstić information content (AvgIpc) is 2.78. The first kappa shape index (κ1) is 19.6. The number of carbonyl (C=O) groups excluding carboxylic acids is 2. The number of ketones is 1. The van der Waals surface area contributed by atoms with Gasteiger partial charge >= 0.3 is 0 Å². The Morgan fingerprint density at radius 3 is 2.52 bits per heavy atom. The van der Waals surface area contributed by atoms with E-state index in [9.17, 15) is 9.59 Å². The maximum absolute atomic E-state index is 13.0. The largest absolute Gasteiger partial charge is 0.497 e. The first-order valence-electron chi connectivity index (χ1n) is 10.4. The number of Topliss-reactive ketones (excluding diaryl/α,β-unsaturated/α-hetero) is 1. The van der Waals surface area contributed by atoms with E-state index in [1.54, 1.807) is 7.11 Å². The number of carbonyl (C=O) groups is 2. The lowest BCUT2D eigenvalue weighted by molar-refractivity contribution is -0.120. The van der Waals surface area contributed by atoms with E-state index in [0.717, 1.165) is 62.3 Å². The second-order valence-corrected chi connectivity index (χ2v) is 7.92. The van der Waals surface area contributed by atoms with Crippen LogP contribution in [0.3, 0.4) is 0 Å². The third-order valence-corrected chi connectivity index (χ3v) is 6.08. The van der Waals surface area contributed by atoms with Crippen molar-refractivity contribution in [2.75, 3.05) is 38.2 Å². The summed E-state index contributed by atoms with van der Waals surface area (Å²) in [6.07, 6.45) is 3.58. The van der Waals surface area contributed by atoms with Crippen LogP contribution in [0, 0.1) is 5.92 Å². The highest BCUT2D eigenvalue weighted by atomic mass is 16.5. The first-order valence-corrected chi connectivity index (χ1v) is 10.4. The minimum atomic E-state index is 0.0620. The maximum atomic E-state index is 13.0. The molecule has 1 amide bonds. The zero-order valence-electron chi connectivity index (χ0n) is 17.0. The van der Waals surface area contributed by atoms with Crippen molar-refractivity contribution in [3.63, 3.8) is 0 Å². The molecule has 1 fully saturated rings. The number of fused-ring (bicyclic) bond motifs is 1. The molecule has 0 aliphatic carbocycles. The quantitative estimate of drug-likeness (QED) is 0.730. The van der Waals surface area contributed by atoms with Crippen LogP contribution in [0.25, 0.3) is 0 Å². The number of amides is 1. The molecule has 152 valence electrons. The van der Waals surface area contributed by atoms with Gasteiger partial charge in [-0.1, -0.05) is 30.3 Å². The van der Waals surface area contributed by atoms with Gasteiger partial charge in [0.2, 0.25) is 5.91 Å². The number of rotatable bonds is 5. The van der Waals surface area contributed by atoms with Crippen LogP contribution in [0.2, 0.25) is 0 Å². The molecule has 0 unspecified atom stereocenters. The first-order chi connectivity index (χ1) is 14.2. The Balaban J connectivity index is 1.34. The fourth-order valence-electron chi connectivity index (χ4n) is 4.43. The summed E-state index contributed by atoms with van der Waals surface area (Å²) >= 11 is 0. The van der Waals surface area contributed by atoms with Crippen LogP contribution in [0.5, 0.6) is 5.75 Å². The summed E-state index contributed by atoms with van der Waals surface area (Å²) in [5.74, 6) is 1.27. The normalized spacial score (nSPS) is 17.6. The van der Waals surface area contributed by atoms with Crippen molar-refractivity contribution in [1.29, 1.82) is 0 Å². The number of nitrogens with zero attached hydrogens (tertiary/aromatic N) is 2. The van der Waals surface area contributed by atoms with Gasteiger partial charge in [0.15, 0.2) is 5.78 Å². The molecule has 0 bridgehead atoms. The molecule has 0 N–H and O–H groups in total. The van der Waals surface area contributed by atoms with Crippen molar-refractivity contribution in [1.82, 2.24) is 4.90 Å². The number of hydrogen-bond acceptors (Lipinski definition) is 4. The predicted octanol–water partition coefficient (Wildman–Crippen LogP) is 3.57. The minimum absolute atomic E-state index is 0.0620. The zero-order valence-corrected chi connectivity index (χ0v) is 17.0. The van der Waals surface area contributed by atoms with Crippen LogP contribution in [-0.4, -0.2) is 49.9 Å². The van der Waals surface area contributed by atoms with E-state index in [1.807, 2.05) is 53.4 Å². The standard InChI is InChI=1S/C24H28N2O3/c1-29-21-9-10-22-20(16-21)8-5-13-26(22)23(27)17-25-14-11-19(12-15-25)24(28)18-6-3-2-4-7-18/h2-4,6-7,9-10,16,19H,5,8,11-15,17H2,1H3. The average molecular weight is 392 g/mol. The Hall–Kier alpha value is -2.66. The second-order valence-electron chi connectivity index (χ2n) is 7.92. The molecule has 0 radical (unpaired) electrons. The Kier molecular flexibility index (Phi) is 5.95. The molecule has 4 rings (SSSR count). The number of anilines is 1. The lowest BCUT2D eigenvalue weighted by Crippen LogP contribution is -2.45. The molecule has 0 aromatic heterocycles. The smallest absolute Gasteiger partial charge is 0.241 e. The number of aryl methyl sites for hydroxylation is 1. The second kappa shape index (κ2) is 8.78. The van der Waals surface area contributed by atoms with Crippen molar-refractivity contribution >= 4 is 17.4 Å². The summed E-state index contributed by atoms with van der Waals surface area (Å²) in [6, 6.07) is 15.5. The third kappa shape index (κ3) is 4.35. The molecule has 0 saturated carbocycles. The van der Waals surface area contributed by atoms with Gasteiger partial charge in [0.05, 0.1) is 13.7 Å². The molecular weight excluding hydrogens is 364 g/mol. The minimum Gasteiger partial charge on any atom is -0.497 e. The van der Waals surface area contributed by atoms with Gasteiger partial charge in [-0.2, -0.15) is 0 Å². The van der Waals surface area contributed by atoms with Gasteiger partial charge in [0.25, 0.3) is 0 Å². The Labute approximate surface area is 172 Å². The number of ether oxygens (including phenoxy) is 1. The van der Waals surface area contributed by atoms with Gasteiger partial charge in [-0.15, -0.1) is 0 Å². The van der Waals surface area contributed by atoms with Gasteiger partial charge in [-0.05, 0) is 62.5 Å². The molecule has 29 heavy (non-hydrogen) atoms. The van der Waals surface area contributed by atoms with Crippen molar-refractivity contribution in [2.45, 2.75) is 25.7 Å². The van der Waals surface area contributed by atoms with Crippen molar-refractivity contribution < 1.29 is 14.3 Å². The molecule has 1 saturated heterocycles. The van der Waals surface area contributed by atoms with Crippen molar-refractivity contribution in [3.8, 4) is 5.75 Å². The summed E-state index contributed by atoms with van der Waals surface area (Å²) in [4.78, 5) is 29.8. The number of benzene rings is 2. The molecule has 0 atom stereocenters. The Morgan fingerprint density at radius 1 is 1.03 bits per heavy atom. The molecular formula is C24H28N2O3. The monoisotopic (exact) mass is 392 g/mol. The molecule has 5 heteroatoms. The molecule has 2 heterocycles. The maximum Gasteiger partial charge on any atom is 0.241 e. The van der Waals surface area contributed by atoms with Crippen LogP contribution >= 0.6 is 0 Å². The molecule has 0 spiro atoms. The van der Waals surface area contributed by atoms with Gasteiger partial charge in [0.1, 0.15) is 5.75 Å². The summed E-state index contributed by atoms with van der Waals surface area (Å²) in [6.45, 7) is 2.76. The van der Waals surface area contributed by atoms with Crippen LogP contribution in [0.4, 0.5) is 5.69 Å². The van der Waals surface area contributed by atoms with Crippen LogP contribution in [0.15, 0.2) is 48.5 Å². The Morgan fingerprint density at radius 2 is 1.79 bits per heavy atom. The van der Waals surface area contributed by atoms with E-state index in [4.69, 9.17) is 4.74 Å². The lowest BCUT2D eigenvalue weighted by Gasteiger charge is -2.34. The topological polar surface area (TPSA) is 49.9 Å². The molecule has 2 aromatic rings. The van der Waals surface area contributed by atoms with Crippen LogP contribution in [0.1, 0.15) is 35.2 Å². The highest BCUT2D eigenvalue weighted by molar-refractivity contribution is 5.98.